The molecule has 1 aliphatic carbocycles. The third-order valence-electron chi connectivity index (χ3n) is 1.86. The van der Waals surface area contributed by atoms with Gasteiger partial charge in [-0.25, -0.2) is 0 Å². The molecule has 0 aliphatic heterocycles. The summed E-state index contributed by atoms with van der Waals surface area (Å²) in [5.74, 6) is -0.253. The van der Waals surface area contributed by atoms with Gasteiger partial charge in [0.25, 0.3) is 0 Å². The molecule has 0 spiro atoms. The molecule has 1 atom stereocenters. The summed E-state index contributed by atoms with van der Waals surface area (Å²) < 4.78 is 0. The van der Waals surface area contributed by atoms with Crippen LogP contribution in [-0.4, -0.2) is 11.6 Å². The third kappa shape index (κ3) is 1.02. The van der Waals surface area contributed by atoms with E-state index in [0.29, 0.717) is 6.42 Å². The van der Waals surface area contributed by atoms with Gasteiger partial charge in [-0.05, 0) is 12.8 Å². The Morgan fingerprint density at radius 3 is 2.44 bits per heavy atom. The van der Waals surface area contributed by atoms with Crippen LogP contribution in [-0.2, 0) is 9.59 Å². The molecule has 0 aromatic heterocycles. The van der Waals surface area contributed by atoms with Crippen LogP contribution in [0.4, 0.5) is 0 Å². The molecule has 0 amide bonds. The van der Waals surface area contributed by atoms with Crippen molar-refractivity contribution in [3.8, 4) is 0 Å². The number of ketones is 2. The van der Waals surface area contributed by atoms with Gasteiger partial charge in [0.05, 0.1) is 0 Å². The lowest BCUT2D eigenvalue weighted by Gasteiger charge is -1.97. The van der Waals surface area contributed by atoms with Crippen molar-refractivity contribution in [2.24, 2.45) is 5.92 Å². The minimum absolute atomic E-state index is 0.0532. The van der Waals surface area contributed by atoms with Gasteiger partial charge in [-0.15, -0.1) is 0 Å². The molecule has 0 aromatic rings. The van der Waals surface area contributed by atoms with E-state index in [-0.39, 0.29) is 17.5 Å². The first-order chi connectivity index (χ1) is 4.25. The van der Waals surface area contributed by atoms with Crippen molar-refractivity contribution in [2.75, 3.05) is 0 Å². The molecule has 0 unspecified atom stereocenters. The fourth-order valence-electron chi connectivity index (χ4n) is 1.18. The first kappa shape index (κ1) is 6.46. The standard InChI is InChI=1S/C7H10O2/c1-2-5-3-4-6(8)7(5)9/h5H,2-4H2,1H3/t5-/m0/s1. The van der Waals surface area contributed by atoms with Gasteiger partial charge in [0, 0.05) is 12.3 Å². The van der Waals surface area contributed by atoms with Gasteiger partial charge in [-0.1, -0.05) is 6.92 Å². The molecule has 50 valence electrons. The zero-order chi connectivity index (χ0) is 6.85. The molecule has 1 saturated carbocycles. The topological polar surface area (TPSA) is 34.1 Å². The summed E-state index contributed by atoms with van der Waals surface area (Å²) in [6, 6.07) is 0. The van der Waals surface area contributed by atoms with Crippen LogP contribution in [0.15, 0.2) is 0 Å². The molecule has 2 heteroatoms. The summed E-state index contributed by atoms with van der Waals surface area (Å²) >= 11 is 0. The second kappa shape index (κ2) is 2.29. The summed E-state index contributed by atoms with van der Waals surface area (Å²) in [5, 5.41) is 0. The van der Waals surface area contributed by atoms with Gasteiger partial charge >= 0.3 is 0 Å². The van der Waals surface area contributed by atoms with Crippen LogP contribution < -0.4 is 0 Å². The predicted octanol–water partition coefficient (Wildman–Crippen LogP) is 0.945. The van der Waals surface area contributed by atoms with Crippen LogP contribution in [0.2, 0.25) is 0 Å². The highest BCUT2D eigenvalue weighted by Gasteiger charge is 2.30. The number of rotatable bonds is 1. The highest BCUT2D eigenvalue weighted by Crippen LogP contribution is 2.20. The summed E-state index contributed by atoms with van der Waals surface area (Å²) in [6.45, 7) is 1.95. The molecular weight excluding hydrogens is 116 g/mol. The molecule has 0 N–H and O–H groups in total. The summed E-state index contributed by atoms with van der Waals surface area (Å²) in [5.41, 5.74) is 0. The van der Waals surface area contributed by atoms with Crippen LogP contribution in [0.5, 0.6) is 0 Å². The second-order valence-corrected chi connectivity index (χ2v) is 2.43. The Labute approximate surface area is 54.2 Å². The first-order valence-electron chi connectivity index (χ1n) is 3.32. The summed E-state index contributed by atoms with van der Waals surface area (Å²) in [7, 11) is 0. The molecule has 1 fully saturated rings. The van der Waals surface area contributed by atoms with Crippen molar-refractivity contribution in [3.05, 3.63) is 0 Å². The normalized spacial score (nSPS) is 27.4. The quantitative estimate of drug-likeness (QED) is 0.490. The van der Waals surface area contributed by atoms with E-state index in [4.69, 9.17) is 0 Å². The average Bonchev–Trinajstić information content (AvgIpc) is 2.15. The maximum Gasteiger partial charge on any atom is 0.201 e. The van der Waals surface area contributed by atoms with E-state index in [1.807, 2.05) is 6.92 Å². The van der Waals surface area contributed by atoms with Gasteiger partial charge < -0.3 is 0 Å². The van der Waals surface area contributed by atoms with Gasteiger partial charge in [-0.2, -0.15) is 0 Å². The zero-order valence-electron chi connectivity index (χ0n) is 5.52. The van der Waals surface area contributed by atoms with Crippen molar-refractivity contribution < 1.29 is 9.59 Å². The van der Waals surface area contributed by atoms with Gasteiger partial charge in [0.15, 0.2) is 5.78 Å². The summed E-state index contributed by atoms with van der Waals surface area (Å²) in [6.07, 6.45) is 2.09. The second-order valence-electron chi connectivity index (χ2n) is 2.43. The van der Waals surface area contributed by atoms with Crippen molar-refractivity contribution in [1.29, 1.82) is 0 Å². The van der Waals surface area contributed by atoms with Crippen LogP contribution >= 0.6 is 0 Å². The smallest absolute Gasteiger partial charge is 0.201 e. The largest absolute Gasteiger partial charge is 0.291 e. The third-order valence-corrected chi connectivity index (χ3v) is 1.86. The van der Waals surface area contributed by atoms with E-state index >= 15 is 0 Å². The van der Waals surface area contributed by atoms with Gasteiger partial charge in [-0.3, -0.25) is 9.59 Å². The zero-order valence-corrected chi connectivity index (χ0v) is 5.52. The molecule has 0 bridgehead atoms. The van der Waals surface area contributed by atoms with Crippen LogP contribution in [0.3, 0.4) is 0 Å². The van der Waals surface area contributed by atoms with E-state index in [9.17, 15) is 9.59 Å². The molecule has 1 rings (SSSR count). The number of Topliss-reactive ketones (excluding diaryl/α,β-unsaturated/α-hetero) is 2. The lowest BCUT2D eigenvalue weighted by atomic mass is 10.1. The van der Waals surface area contributed by atoms with Crippen molar-refractivity contribution in [1.82, 2.24) is 0 Å². The Hall–Kier alpha value is -0.660. The lowest BCUT2D eigenvalue weighted by molar-refractivity contribution is -0.135. The molecule has 1 aliphatic rings. The molecule has 0 saturated heterocycles. The molecule has 0 heterocycles. The van der Waals surface area contributed by atoms with Gasteiger partial charge in [0.1, 0.15) is 0 Å². The molecule has 2 nitrogen and oxygen atoms in total. The van der Waals surface area contributed by atoms with Crippen LogP contribution in [0.1, 0.15) is 26.2 Å². The number of carbonyl (C=O) groups excluding carboxylic acids is 2. The highest BCUT2D eigenvalue weighted by molar-refractivity contribution is 6.39. The Morgan fingerprint density at radius 2 is 2.22 bits per heavy atom. The Balaban J connectivity index is 2.62. The van der Waals surface area contributed by atoms with E-state index in [2.05, 4.69) is 0 Å². The average molecular weight is 126 g/mol. The molecule has 0 aromatic carbocycles. The highest BCUT2D eigenvalue weighted by atomic mass is 16.2. The maximum atomic E-state index is 10.8. The number of hydrogen-bond acceptors (Lipinski definition) is 2. The van der Waals surface area contributed by atoms with E-state index < -0.39 is 0 Å². The van der Waals surface area contributed by atoms with E-state index in [1.54, 1.807) is 0 Å². The number of hydrogen-bond donors (Lipinski definition) is 0. The van der Waals surface area contributed by atoms with Gasteiger partial charge in [0.2, 0.25) is 5.78 Å². The predicted molar refractivity (Wildman–Crippen MR) is 33.0 cm³/mol. The maximum absolute atomic E-state index is 10.8. The molecule has 0 radical (unpaired) electrons. The van der Waals surface area contributed by atoms with Crippen LogP contribution in [0, 0.1) is 5.92 Å². The Bertz CT molecular complexity index is 149. The fourth-order valence-corrected chi connectivity index (χ4v) is 1.18. The minimum Gasteiger partial charge on any atom is -0.291 e. The van der Waals surface area contributed by atoms with E-state index in [1.165, 1.54) is 0 Å². The molecule has 9 heavy (non-hydrogen) atoms. The SMILES string of the molecule is CC[C@H]1CCC(=O)C1=O. The first-order valence-corrected chi connectivity index (χ1v) is 3.32. The van der Waals surface area contributed by atoms with Crippen molar-refractivity contribution >= 4 is 11.6 Å². The Morgan fingerprint density at radius 1 is 1.56 bits per heavy atom. The lowest BCUT2D eigenvalue weighted by Crippen LogP contribution is -2.11. The monoisotopic (exact) mass is 126 g/mol. The van der Waals surface area contributed by atoms with Crippen molar-refractivity contribution in [2.45, 2.75) is 26.2 Å². The summed E-state index contributed by atoms with van der Waals surface area (Å²) in [4.78, 5) is 21.4. The van der Waals surface area contributed by atoms with E-state index in [0.717, 1.165) is 12.8 Å². The Kier molecular flexibility index (Phi) is 1.65. The fraction of sp³-hybridized carbons (Fsp3) is 0.714. The number of carbonyl (C=O) groups is 2. The molecular formula is C7H10O2. The van der Waals surface area contributed by atoms with Crippen LogP contribution in [0.25, 0.3) is 0 Å². The minimum atomic E-state index is -0.165. The van der Waals surface area contributed by atoms with Crippen molar-refractivity contribution in [3.63, 3.8) is 0 Å².